The monoisotopic (exact) mass is 250 g/mol. The molecule has 2 rings (SSSR count). The lowest BCUT2D eigenvalue weighted by molar-refractivity contribution is 0.0649. The first kappa shape index (κ1) is 11.9. The molecule has 0 aliphatic rings. The molecule has 1 aromatic heterocycles. The number of carboxylic acid groups (broad SMARTS) is 1. The van der Waals surface area contributed by atoms with E-state index in [1.54, 1.807) is 31.4 Å². The molecule has 0 amide bonds. The lowest BCUT2D eigenvalue weighted by Gasteiger charge is -2.04. The highest BCUT2D eigenvalue weighted by atomic mass is 16.5. The molecular formula is C11H10N2O5. The van der Waals surface area contributed by atoms with Crippen LogP contribution in [0.15, 0.2) is 28.7 Å². The molecule has 0 saturated carbocycles. The van der Waals surface area contributed by atoms with Crippen LogP contribution in [0.25, 0.3) is 0 Å². The molecule has 94 valence electrons. The highest BCUT2D eigenvalue weighted by Crippen LogP contribution is 2.19. The van der Waals surface area contributed by atoms with E-state index in [1.165, 1.54) is 0 Å². The Labute approximate surface area is 102 Å². The van der Waals surface area contributed by atoms with E-state index in [4.69, 9.17) is 19.0 Å². The Morgan fingerprint density at radius 3 is 2.83 bits per heavy atom. The number of hydrogen-bond acceptors (Lipinski definition) is 6. The Morgan fingerprint density at radius 2 is 2.17 bits per heavy atom. The Kier molecular flexibility index (Phi) is 3.42. The number of benzene rings is 1. The van der Waals surface area contributed by atoms with Gasteiger partial charge in [0.2, 0.25) is 0 Å². The van der Waals surface area contributed by atoms with E-state index < -0.39 is 11.9 Å². The molecule has 0 spiro atoms. The number of carboxylic acids is 1. The Balaban J connectivity index is 1.99. The van der Waals surface area contributed by atoms with E-state index in [-0.39, 0.29) is 12.5 Å². The van der Waals surface area contributed by atoms with E-state index in [0.29, 0.717) is 11.5 Å². The second-order valence-corrected chi connectivity index (χ2v) is 3.27. The van der Waals surface area contributed by atoms with Gasteiger partial charge < -0.3 is 19.0 Å². The fourth-order valence-corrected chi connectivity index (χ4v) is 1.23. The smallest absolute Gasteiger partial charge is 0.393 e. The first-order valence-corrected chi connectivity index (χ1v) is 5.01. The third-order valence-electron chi connectivity index (χ3n) is 2.05. The standard InChI is InChI=1S/C11H10N2O5/c1-16-7-3-2-4-8(5-7)17-6-9-12-13-10(18-9)11(14)15/h2-5H,6H2,1H3,(H,14,15). The zero-order chi connectivity index (χ0) is 13.0. The quantitative estimate of drug-likeness (QED) is 0.855. The second kappa shape index (κ2) is 5.17. The van der Waals surface area contributed by atoms with Gasteiger partial charge in [0.25, 0.3) is 5.89 Å². The average molecular weight is 250 g/mol. The number of carbonyl (C=O) groups is 1. The van der Waals surface area contributed by atoms with Crippen LogP contribution in [0, 0.1) is 0 Å². The van der Waals surface area contributed by atoms with Crippen molar-refractivity contribution in [1.82, 2.24) is 10.2 Å². The highest BCUT2D eigenvalue weighted by Gasteiger charge is 2.13. The minimum absolute atomic E-state index is 0.00650. The third-order valence-corrected chi connectivity index (χ3v) is 2.05. The van der Waals surface area contributed by atoms with Gasteiger partial charge in [0.1, 0.15) is 11.5 Å². The van der Waals surface area contributed by atoms with Crippen molar-refractivity contribution in [3.63, 3.8) is 0 Å². The number of methoxy groups -OCH3 is 1. The number of rotatable bonds is 5. The van der Waals surface area contributed by atoms with Gasteiger partial charge in [-0.05, 0) is 12.1 Å². The molecule has 0 atom stereocenters. The number of hydrogen-bond donors (Lipinski definition) is 1. The van der Waals surface area contributed by atoms with Crippen LogP contribution in [-0.2, 0) is 6.61 Å². The molecule has 7 heteroatoms. The van der Waals surface area contributed by atoms with Gasteiger partial charge in [0.15, 0.2) is 6.61 Å². The summed E-state index contributed by atoms with van der Waals surface area (Å²) in [6.07, 6.45) is 0. The number of aromatic carboxylic acids is 1. The van der Waals surface area contributed by atoms with Gasteiger partial charge in [0, 0.05) is 6.07 Å². The molecule has 18 heavy (non-hydrogen) atoms. The van der Waals surface area contributed by atoms with Crippen LogP contribution in [0.2, 0.25) is 0 Å². The van der Waals surface area contributed by atoms with Crippen molar-refractivity contribution in [2.24, 2.45) is 0 Å². The van der Waals surface area contributed by atoms with Crippen molar-refractivity contribution >= 4 is 5.97 Å². The summed E-state index contributed by atoms with van der Waals surface area (Å²) in [4.78, 5) is 10.5. The zero-order valence-corrected chi connectivity index (χ0v) is 9.49. The Morgan fingerprint density at radius 1 is 1.39 bits per heavy atom. The summed E-state index contributed by atoms with van der Waals surface area (Å²) in [6, 6.07) is 6.97. The van der Waals surface area contributed by atoms with E-state index in [9.17, 15) is 4.79 Å². The topological polar surface area (TPSA) is 94.7 Å². The van der Waals surface area contributed by atoms with Crippen LogP contribution in [0.4, 0.5) is 0 Å². The molecule has 0 saturated heterocycles. The van der Waals surface area contributed by atoms with Crippen LogP contribution < -0.4 is 9.47 Å². The van der Waals surface area contributed by atoms with Crippen molar-refractivity contribution in [1.29, 1.82) is 0 Å². The lowest BCUT2D eigenvalue weighted by atomic mass is 10.3. The van der Waals surface area contributed by atoms with Crippen molar-refractivity contribution in [3.8, 4) is 11.5 Å². The van der Waals surface area contributed by atoms with Crippen LogP contribution in [-0.4, -0.2) is 28.4 Å². The van der Waals surface area contributed by atoms with E-state index in [0.717, 1.165) is 0 Å². The van der Waals surface area contributed by atoms with Gasteiger partial charge in [-0.25, -0.2) is 4.79 Å². The predicted molar refractivity (Wildman–Crippen MR) is 58.6 cm³/mol. The van der Waals surface area contributed by atoms with Crippen LogP contribution >= 0.6 is 0 Å². The molecule has 7 nitrogen and oxygen atoms in total. The van der Waals surface area contributed by atoms with Gasteiger partial charge in [-0.3, -0.25) is 0 Å². The first-order chi connectivity index (χ1) is 8.69. The molecule has 1 N–H and O–H groups in total. The second-order valence-electron chi connectivity index (χ2n) is 3.27. The minimum atomic E-state index is -1.27. The fraction of sp³-hybridized carbons (Fsp3) is 0.182. The van der Waals surface area contributed by atoms with Crippen molar-refractivity contribution in [2.75, 3.05) is 7.11 Å². The van der Waals surface area contributed by atoms with E-state index >= 15 is 0 Å². The molecule has 0 bridgehead atoms. The molecule has 2 aromatic rings. The van der Waals surface area contributed by atoms with Crippen molar-refractivity contribution < 1.29 is 23.8 Å². The van der Waals surface area contributed by atoms with Crippen molar-refractivity contribution in [2.45, 2.75) is 6.61 Å². The maximum absolute atomic E-state index is 10.5. The SMILES string of the molecule is COc1cccc(OCc2nnc(C(=O)O)o2)c1. The van der Waals surface area contributed by atoms with Gasteiger partial charge >= 0.3 is 11.9 Å². The summed E-state index contributed by atoms with van der Waals surface area (Å²) < 4.78 is 15.2. The summed E-state index contributed by atoms with van der Waals surface area (Å²) in [5, 5.41) is 15.5. The fourth-order valence-electron chi connectivity index (χ4n) is 1.23. The molecule has 0 radical (unpaired) electrons. The summed E-state index contributed by atoms with van der Waals surface area (Å²) >= 11 is 0. The largest absolute Gasteiger partial charge is 0.497 e. The normalized spacial score (nSPS) is 10.1. The van der Waals surface area contributed by atoms with Gasteiger partial charge in [-0.15, -0.1) is 10.2 Å². The summed E-state index contributed by atoms with van der Waals surface area (Å²) in [5.74, 6) is -0.418. The zero-order valence-electron chi connectivity index (χ0n) is 9.49. The summed E-state index contributed by atoms with van der Waals surface area (Å²) in [5.41, 5.74) is 0. The van der Waals surface area contributed by atoms with E-state index in [1.807, 2.05) is 0 Å². The Bertz CT molecular complexity index is 552. The van der Waals surface area contributed by atoms with Gasteiger partial charge in [-0.1, -0.05) is 6.07 Å². The summed E-state index contributed by atoms with van der Waals surface area (Å²) in [6.45, 7) is -0.00650. The molecular weight excluding hydrogens is 240 g/mol. The molecule has 0 aliphatic heterocycles. The molecule has 0 unspecified atom stereocenters. The van der Waals surface area contributed by atoms with Crippen LogP contribution in [0.5, 0.6) is 11.5 Å². The molecule has 1 heterocycles. The molecule has 0 aliphatic carbocycles. The average Bonchev–Trinajstić information content (AvgIpc) is 2.85. The first-order valence-electron chi connectivity index (χ1n) is 5.01. The summed E-state index contributed by atoms with van der Waals surface area (Å²) in [7, 11) is 1.55. The maximum Gasteiger partial charge on any atom is 0.393 e. The van der Waals surface area contributed by atoms with Crippen LogP contribution in [0.3, 0.4) is 0 Å². The Hall–Kier alpha value is -2.57. The highest BCUT2D eigenvalue weighted by molar-refractivity contribution is 5.81. The third kappa shape index (κ3) is 2.76. The van der Waals surface area contributed by atoms with E-state index in [2.05, 4.69) is 10.2 Å². The number of nitrogens with zero attached hydrogens (tertiary/aromatic N) is 2. The van der Waals surface area contributed by atoms with Crippen LogP contribution in [0.1, 0.15) is 16.6 Å². The molecule has 1 aromatic carbocycles. The number of ether oxygens (including phenoxy) is 2. The number of aromatic nitrogens is 2. The van der Waals surface area contributed by atoms with Gasteiger partial charge in [-0.2, -0.15) is 0 Å². The predicted octanol–water partition coefficient (Wildman–Crippen LogP) is 1.36. The maximum atomic E-state index is 10.5. The molecule has 0 fully saturated rings. The minimum Gasteiger partial charge on any atom is -0.497 e. The lowest BCUT2D eigenvalue weighted by Crippen LogP contribution is -1.96. The van der Waals surface area contributed by atoms with Crippen molar-refractivity contribution in [3.05, 3.63) is 36.0 Å². The van der Waals surface area contributed by atoms with Gasteiger partial charge in [0.05, 0.1) is 7.11 Å².